The molecule has 4 aliphatic rings. The highest BCUT2D eigenvalue weighted by Gasteiger charge is 2.51. The van der Waals surface area contributed by atoms with Crippen LogP contribution in [-0.4, -0.2) is 155 Å². The van der Waals surface area contributed by atoms with Crippen LogP contribution in [0.1, 0.15) is 88.8 Å². The van der Waals surface area contributed by atoms with Gasteiger partial charge in [-0.05, 0) is 82.9 Å². The Hall–Kier alpha value is -7.13. The van der Waals surface area contributed by atoms with Gasteiger partial charge in [-0.1, -0.05) is 60.7 Å². The number of alkyl carbamates (subject to hydrolysis) is 1. The van der Waals surface area contributed by atoms with Crippen molar-refractivity contribution >= 4 is 107 Å². The zero-order valence-corrected chi connectivity index (χ0v) is 54.8. The van der Waals surface area contributed by atoms with Gasteiger partial charge < -0.3 is 60.2 Å². The van der Waals surface area contributed by atoms with E-state index in [1.807, 2.05) is 55.5 Å². The van der Waals surface area contributed by atoms with Crippen LogP contribution in [-0.2, 0) is 66.8 Å². The minimum absolute atomic E-state index is 0.0178. The molecule has 0 radical (unpaired) electrons. The molecular weight excluding hydrogens is 1320 g/mol. The van der Waals surface area contributed by atoms with Crippen molar-refractivity contribution in [2.75, 3.05) is 49.2 Å². The number of carbonyl (C=O) groups excluding carboxylic acids is 2. The molecule has 7 atom stereocenters. The Morgan fingerprint density at radius 1 is 0.892 bits per heavy atom. The summed E-state index contributed by atoms with van der Waals surface area (Å²) in [6.45, 7) is 9.52. The lowest BCUT2D eigenvalue weighted by Gasteiger charge is -2.43. The number of hydrogen-bond donors (Lipinski definition) is 10. The van der Waals surface area contributed by atoms with E-state index in [-0.39, 0.29) is 67.8 Å². The summed E-state index contributed by atoms with van der Waals surface area (Å²) in [6.07, 6.45) is 7.61. The van der Waals surface area contributed by atoms with E-state index in [2.05, 4.69) is 85.0 Å². The molecule has 3 aromatic carbocycles. The Kier molecular flexibility index (Phi) is 20.9. The number of fused-ring (bicyclic) bond motifs is 4. The standard InChI is InChI=1S/C57H68N9O22P3S2/c1-6-66-43-30-45-40(29-39(43)35(2)31-56(66,3)4)37(27-44(84-45)36-15-9-7-10-16-36)17-11-8-12-18-47-57(5,41-28-38(93(80,81)82)20-21-42(41)64(47)25-14-26-92(77,78)79)22-13-19-48(67)59-23-24-60-55(69)86-51-46(32-83-90(73,74)88-91(75,76)87-89(70,71)72)85-54(50(51)68)65-34-63-49-52(58)61-33-62-53(49)65/h7-12,15-18,20-21,27-31,33-34,46,50-51,54,68H,6,13-14,19,22-26,32H2,1-5H3,(H9-,58,59,60,61,62,67,69,70,71,72,73,74,75,76,77,78,79,80,81,82)/p+1/t46-,50-,51-,54-,57?/m1/s1. The molecule has 4 aliphatic heterocycles. The third kappa shape index (κ3) is 16.7. The van der Waals surface area contributed by atoms with E-state index in [1.165, 1.54) is 18.2 Å². The number of likely N-dealkylation sites (N-methyl/N-ethyl adjacent to an activating group) is 1. The number of amides is 2. The Morgan fingerprint density at radius 2 is 1.62 bits per heavy atom. The zero-order chi connectivity index (χ0) is 67.6. The molecule has 5 aromatic rings. The number of phosphoric ester groups is 1. The third-order valence-corrected chi connectivity index (χ3v) is 21.1. The molecule has 11 N–H and O–H groups in total. The number of carbonyl (C=O) groups is 2. The normalized spacial score (nSPS) is 22.2. The second-order valence-corrected chi connectivity index (χ2v) is 30.0. The summed E-state index contributed by atoms with van der Waals surface area (Å²) < 4.78 is 138. The number of ether oxygens (including phenoxy) is 3. The van der Waals surface area contributed by atoms with Gasteiger partial charge in [-0.15, -0.1) is 0 Å². The topological polar surface area (TPSA) is 451 Å². The maximum absolute atomic E-state index is 13.5. The summed E-state index contributed by atoms with van der Waals surface area (Å²) >= 11 is 0. The van der Waals surface area contributed by atoms with E-state index in [1.54, 1.807) is 22.8 Å². The van der Waals surface area contributed by atoms with Crippen LogP contribution in [0.3, 0.4) is 0 Å². The van der Waals surface area contributed by atoms with Crippen molar-refractivity contribution in [3.63, 3.8) is 0 Å². The number of aliphatic hydroxyl groups excluding tert-OH is 1. The number of anilines is 2. The maximum atomic E-state index is 13.5. The average Bonchev–Trinajstić information content (AvgIpc) is 1.71. The maximum Gasteiger partial charge on any atom is 0.490 e. The highest BCUT2D eigenvalue weighted by molar-refractivity contribution is 7.86. The van der Waals surface area contributed by atoms with Gasteiger partial charge in [0.05, 0.1) is 34.5 Å². The van der Waals surface area contributed by atoms with Crippen LogP contribution >= 0.6 is 23.5 Å². The van der Waals surface area contributed by atoms with Crippen LogP contribution in [0.5, 0.6) is 5.75 Å². The van der Waals surface area contributed by atoms with Crippen molar-refractivity contribution in [3.05, 3.63) is 138 Å². The number of benzene rings is 3. The summed E-state index contributed by atoms with van der Waals surface area (Å²) in [6, 6.07) is 17.9. The number of nitrogen functional groups attached to an aromatic ring is 1. The van der Waals surface area contributed by atoms with E-state index in [0.29, 0.717) is 28.5 Å². The van der Waals surface area contributed by atoms with E-state index in [9.17, 15) is 64.1 Å². The molecule has 1 fully saturated rings. The first-order valence-corrected chi connectivity index (χ1v) is 36.3. The van der Waals surface area contributed by atoms with Gasteiger partial charge in [0.25, 0.3) is 20.2 Å². The fourth-order valence-electron chi connectivity index (χ4n) is 11.7. The Balaban J connectivity index is 0.901. The van der Waals surface area contributed by atoms with Crippen molar-refractivity contribution in [2.45, 2.75) is 101 Å². The number of aromatic nitrogens is 4. The van der Waals surface area contributed by atoms with Gasteiger partial charge in [-0.2, -0.15) is 30.0 Å². The van der Waals surface area contributed by atoms with E-state index in [4.69, 9.17) is 34.3 Å². The molecule has 1 saturated heterocycles. The van der Waals surface area contributed by atoms with E-state index in [0.717, 1.165) is 57.3 Å². The summed E-state index contributed by atoms with van der Waals surface area (Å²) in [5, 5.41) is 16.5. The number of phosphoric acid groups is 3. The summed E-state index contributed by atoms with van der Waals surface area (Å²) in [5.41, 5.74) is 12.0. The summed E-state index contributed by atoms with van der Waals surface area (Å²) in [4.78, 5) is 78.3. The van der Waals surface area contributed by atoms with Crippen LogP contribution in [0.4, 0.5) is 22.0 Å². The molecule has 6 heterocycles. The number of nitrogens with two attached hydrogens (primary N) is 1. The minimum Gasteiger partial charge on any atom is -0.456 e. The highest BCUT2D eigenvalue weighted by atomic mass is 32.2. The second-order valence-electron chi connectivity index (χ2n) is 22.6. The van der Waals surface area contributed by atoms with Gasteiger partial charge in [0.15, 0.2) is 29.5 Å². The van der Waals surface area contributed by atoms with Crippen molar-refractivity contribution in [1.82, 2.24) is 30.2 Å². The van der Waals surface area contributed by atoms with Crippen molar-refractivity contribution in [2.24, 2.45) is 0 Å². The van der Waals surface area contributed by atoms with Crippen LogP contribution in [0, 0.1) is 0 Å². The van der Waals surface area contributed by atoms with Crippen LogP contribution < -0.4 is 26.0 Å². The van der Waals surface area contributed by atoms with Gasteiger partial charge in [0.1, 0.15) is 42.1 Å². The first-order chi connectivity index (χ1) is 43.6. The molecule has 31 nitrogen and oxygen atoms in total. The molecule has 93 heavy (non-hydrogen) atoms. The van der Waals surface area contributed by atoms with Gasteiger partial charge in [-0.25, -0.2) is 33.4 Å². The molecule has 2 aromatic heterocycles. The largest absolute Gasteiger partial charge is 0.490 e. The first-order valence-electron chi connectivity index (χ1n) is 28.7. The lowest BCUT2D eigenvalue weighted by atomic mass is 9.75. The van der Waals surface area contributed by atoms with E-state index < -0.39 is 103 Å². The Bertz CT molecular complexity index is 4330. The van der Waals surface area contributed by atoms with Crippen molar-refractivity contribution in [1.29, 1.82) is 0 Å². The number of nitrogens with one attached hydrogen (secondary N) is 2. The predicted molar refractivity (Wildman–Crippen MR) is 338 cm³/mol. The lowest BCUT2D eigenvalue weighted by molar-refractivity contribution is -0.437. The van der Waals surface area contributed by atoms with Crippen LogP contribution in [0.15, 0.2) is 121 Å². The molecule has 36 heteroatoms. The minimum atomic E-state index is -5.95. The molecule has 500 valence electrons. The summed E-state index contributed by atoms with van der Waals surface area (Å²) in [7, 11) is -26.6. The fraction of sp³-hybridized carbons (Fsp3) is 0.368. The number of rotatable bonds is 26. The quantitative estimate of drug-likeness (QED) is 0.00913. The van der Waals surface area contributed by atoms with Gasteiger partial charge >= 0.3 is 29.6 Å². The number of imidazole rings is 1. The van der Waals surface area contributed by atoms with Gasteiger partial charge in [-0.3, -0.25) is 23.0 Å². The lowest BCUT2D eigenvalue weighted by Crippen LogP contribution is -2.44. The molecule has 3 unspecified atom stereocenters. The van der Waals surface area contributed by atoms with Crippen molar-refractivity contribution < 1.29 is 106 Å². The van der Waals surface area contributed by atoms with Gasteiger partial charge in [0, 0.05) is 78.6 Å². The fourth-order valence-corrected chi connectivity index (χ4v) is 15.7. The molecule has 0 bridgehead atoms. The van der Waals surface area contributed by atoms with Gasteiger partial charge in [0.2, 0.25) is 11.6 Å². The van der Waals surface area contributed by atoms with Crippen LogP contribution in [0.25, 0.3) is 28.1 Å². The van der Waals surface area contributed by atoms with E-state index >= 15 is 0 Å². The molecule has 0 spiro atoms. The number of aliphatic hydroxyl groups is 1. The molecular formula is C57H69N9O22P3S2+. The predicted octanol–water partition coefficient (Wildman–Crippen LogP) is 6.62. The molecule has 2 amide bonds. The third-order valence-electron chi connectivity index (χ3n) is 15.6. The number of nitrogens with zero attached hydrogens (tertiary/aromatic N) is 6. The molecule has 9 rings (SSSR count). The first kappa shape index (κ1) is 70.2. The smallest absolute Gasteiger partial charge is 0.456 e. The molecule has 0 aliphatic carbocycles. The van der Waals surface area contributed by atoms with Crippen molar-refractivity contribution in [3.8, 4) is 5.75 Å². The monoisotopic (exact) mass is 1390 g/mol. The zero-order valence-electron chi connectivity index (χ0n) is 50.5. The highest BCUT2D eigenvalue weighted by Crippen LogP contribution is 2.66. The molecule has 0 saturated carbocycles. The Morgan fingerprint density at radius 3 is 2.32 bits per heavy atom. The Labute approximate surface area is 533 Å². The summed E-state index contributed by atoms with van der Waals surface area (Å²) in [5.74, 6) is 0.159. The average molecular weight is 1390 g/mol. The number of hydrogen-bond acceptors (Lipinski definition) is 21. The number of allylic oxidation sites excluding steroid dienone is 8. The second kappa shape index (κ2) is 27.7. The van der Waals surface area contributed by atoms with Crippen LogP contribution in [0.2, 0.25) is 0 Å². The SMILES string of the molecule is CCN1c2cc3c(cc2C(C)=CC1(C)C)C(=CC=CC=CC1=[N+](CCCS(=O)(=O)O)c2ccc(S(=O)(=O)O)cc2C1(C)CCCC(=O)NCCNC(=O)O[C@H]1[C@@H](O)[C@H](n2cnc4c(N)ncnc42)O[C@@H]1COP(=O)(O)OP(=O)(O)OP(=O)(O)O)C=C(c1ccccc1)O3.